The lowest BCUT2D eigenvalue weighted by atomic mass is 10.2. The Morgan fingerprint density at radius 2 is 1.95 bits per heavy atom. The van der Waals surface area contributed by atoms with Gasteiger partial charge in [-0.3, -0.25) is 4.79 Å². The summed E-state index contributed by atoms with van der Waals surface area (Å²) in [5.74, 6) is -0.832. The number of rotatable bonds is 8. The van der Waals surface area contributed by atoms with Crippen molar-refractivity contribution in [1.29, 1.82) is 0 Å². The van der Waals surface area contributed by atoms with Crippen LogP contribution < -0.4 is 10.1 Å². The van der Waals surface area contributed by atoms with E-state index in [0.29, 0.717) is 5.75 Å². The molecule has 0 spiro atoms. The van der Waals surface area contributed by atoms with Crippen LogP contribution in [-0.2, 0) is 9.59 Å². The molecule has 0 bridgehead atoms. The average Bonchev–Trinajstić information content (AvgIpc) is 2.40. The van der Waals surface area contributed by atoms with Crippen LogP contribution in [0.5, 0.6) is 5.75 Å². The molecule has 0 fully saturated rings. The summed E-state index contributed by atoms with van der Waals surface area (Å²) < 4.78 is 5.39. The second kappa shape index (κ2) is 8.16. The number of nitrogens with one attached hydrogen (secondary N) is 1. The first-order chi connectivity index (χ1) is 9.49. The summed E-state index contributed by atoms with van der Waals surface area (Å²) >= 11 is 0. The smallest absolute Gasteiger partial charge is 0.332 e. The van der Waals surface area contributed by atoms with Crippen molar-refractivity contribution in [3.8, 4) is 5.75 Å². The van der Waals surface area contributed by atoms with Gasteiger partial charge in [-0.05, 0) is 19.1 Å². The zero-order valence-electron chi connectivity index (χ0n) is 11.3. The summed E-state index contributed by atoms with van der Waals surface area (Å²) in [5, 5.41) is 20.0. The molecule has 20 heavy (non-hydrogen) atoms. The largest absolute Gasteiger partial charge is 0.493 e. The van der Waals surface area contributed by atoms with Gasteiger partial charge in [0.25, 0.3) is 0 Å². The van der Waals surface area contributed by atoms with Crippen LogP contribution in [0.15, 0.2) is 24.3 Å². The van der Waals surface area contributed by atoms with E-state index in [1.807, 2.05) is 31.2 Å². The van der Waals surface area contributed by atoms with Gasteiger partial charge in [0.1, 0.15) is 5.75 Å². The lowest BCUT2D eigenvalue weighted by molar-refractivity contribution is -0.147. The van der Waals surface area contributed by atoms with Crippen LogP contribution in [0.2, 0.25) is 0 Å². The zero-order chi connectivity index (χ0) is 15.0. The molecule has 0 aliphatic rings. The molecular weight excluding hydrogens is 262 g/mol. The monoisotopic (exact) mass is 281 g/mol. The second-order valence-corrected chi connectivity index (χ2v) is 4.40. The van der Waals surface area contributed by atoms with Crippen LogP contribution in [0.3, 0.4) is 0 Å². The van der Waals surface area contributed by atoms with Gasteiger partial charge in [-0.2, -0.15) is 0 Å². The number of carbonyl (C=O) groups is 2. The maximum absolute atomic E-state index is 11.4. The number of aliphatic hydroxyl groups excluding tert-OH is 1. The topological polar surface area (TPSA) is 95.9 Å². The fraction of sp³-hybridized carbons (Fsp3) is 0.429. The Morgan fingerprint density at radius 3 is 2.55 bits per heavy atom. The molecule has 0 aliphatic carbocycles. The van der Waals surface area contributed by atoms with E-state index >= 15 is 0 Å². The first-order valence-electron chi connectivity index (χ1n) is 6.36. The summed E-state index contributed by atoms with van der Waals surface area (Å²) in [7, 11) is 0. The summed E-state index contributed by atoms with van der Waals surface area (Å²) in [6, 6.07) is 7.50. The van der Waals surface area contributed by atoms with Crippen molar-refractivity contribution in [2.24, 2.45) is 0 Å². The van der Waals surface area contributed by atoms with E-state index in [1.165, 1.54) is 0 Å². The first kappa shape index (κ1) is 16.0. The molecule has 1 amide bonds. The molecule has 6 nitrogen and oxygen atoms in total. The van der Waals surface area contributed by atoms with E-state index in [0.717, 1.165) is 5.56 Å². The van der Waals surface area contributed by atoms with Crippen molar-refractivity contribution >= 4 is 11.9 Å². The average molecular weight is 281 g/mol. The van der Waals surface area contributed by atoms with Crippen LogP contribution in [0.25, 0.3) is 0 Å². The number of hydrogen-bond donors (Lipinski definition) is 3. The fourth-order valence-corrected chi connectivity index (χ4v) is 1.46. The molecule has 0 heterocycles. The normalized spacial score (nSPS) is 11.7. The summed E-state index contributed by atoms with van der Waals surface area (Å²) in [6.07, 6.45) is -1.28. The number of amides is 1. The third-order valence-corrected chi connectivity index (χ3v) is 2.64. The highest BCUT2D eigenvalue weighted by atomic mass is 16.5. The zero-order valence-corrected chi connectivity index (χ0v) is 11.3. The second-order valence-electron chi connectivity index (χ2n) is 4.40. The molecule has 110 valence electrons. The van der Waals surface area contributed by atoms with Crippen molar-refractivity contribution < 1.29 is 24.5 Å². The Balaban J connectivity index is 2.14. The number of carboxylic acids is 1. The molecule has 1 aromatic carbocycles. The van der Waals surface area contributed by atoms with Gasteiger partial charge in [0.2, 0.25) is 5.91 Å². The summed E-state index contributed by atoms with van der Waals surface area (Å²) in [4.78, 5) is 21.8. The lowest BCUT2D eigenvalue weighted by Gasteiger charge is -2.08. The number of hydrogen-bond acceptors (Lipinski definition) is 4. The number of aliphatic hydroxyl groups is 1. The van der Waals surface area contributed by atoms with Gasteiger partial charge in [-0.15, -0.1) is 0 Å². The standard InChI is InChI=1S/C14H19NO5/c1-10-2-4-11(5-3-10)20-9-7-13(17)15-8-6-12(16)14(18)19/h2-5,12,16H,6-9H2,1H3,(H,15,17)(H,18,19)/t12-/m0/s1. The van der Waals surface area contributed by atoms with Gasteiger partial charge in [-0.1, -0.05) is 17.7 Å². The highest BCUT2D eigenvalue weighted by Crippen LogP contribution is 2.11. The third kappa shape index (κ3) is 6.19. The molecule has 0 aliphatic heterocycles. The molecule has 0 aromatic heterocycles. The Hall–Kier alpha value is -2.08. The van der Waals surface area contributed by atoms with Crippen molar-refractivity contribution in [2.45, 2.75) is 25.9 Å². The van der Waals surface area contributed by atoms with E-state index in [9.17, 15) is 9.59 Å². The lowest BCUT2D eigenvalue weighted by Crippen LogP contribution is -2.30. The molecule has 3 N–H and O–H groups in total. The van der Waals surface area contributed by atoms with Crippen molar-refractivity contribution in [3.05, 3.63) is 29.8 Å². The van der Waals surface area contributed by atoms with Gasteiger partial charge < -0.3 is 20.3 Å². The summed E-state index contributed by atoms with van der Waals surface area (Å²) in [5.41, 5.74) is 1.13. The van der Waals surface area contributed by atoms with Crippen LogP contribution in [0.1, 0.15) is 18.4 Å². The Bertz CT molecular complexity index is 443. The van der Waals surface area contributed by atoms with Crippen molar-refractivity contribution in [1.82, 2.24) is 5.32 Å². The van der Waals surface area contributed by atoms with Gasteiger partial charge in [0, 0.05) is 13.0 Å². The number of aliphatic carboxylic acids is 1. The van der Waals surface area contributed by atoms with Crippen LogP contribution >= 0.6 is 0 Å². The highest BCUT2D eigenvalue weighted by molar-refractivity contribution is 5.76. The van der Waals surface area contributed by atoms with E-state index < -0.39 is 12.1 Å². The Kier molecular flexibility index (Phi) is 6.52. The highest BCUT2D eigenvalue weighted by Gasteiger charge is 2.12. The minimum absolute atomic E-state index is 0.0140. The number of benzene rings is 1. The molecule has 0 radical (unpaired) electrons. The van der Waals surface area contributed by atoms with Crippen molar-refractivity contribution in [2.75, 3.05) is 13.2 Å². The van der Waals surface area contributed by atoms with E-state index in [1.54, 1.807) is 0 Å². The maximum atomic E-state index is 11.4. The van der Waals surface area contributed by atoms with Gasteiger partial charge >= 0.3 is 5.97 Å². The number of aryl methyl sites for hydroxylation is 1. The molecule has 0 saturated carbocycles. The minimum Gasteiger partial charge on any atom is -0.493 e. The van der Waals surface area contributed by atoms with Gasteiger partial charge in [-0.25, -0.2) is 4.79 Å². The molecule has 6 heteroatoms. The van der Waals surface area contributed by atoms with Crippen LogP contribution in [0.4, 0.5) is 0 Å². The number of ether oxygens (including phenoxy) is 1. The quantitative estimate of drug-likeness (QED) is 0.652. The SMILES string of the molecule is Cc1ccc(OCCC(=O)NCC[C@H](O)C(=O)O)cc1. The molecule has 0 unspecified atom stereocenters. The molecule has 1 rings (SSSR count). The predicted octanol–water partition coefficient (Wildman–Crippen LogP) is 0.716. The van der Waals surface area contributed by atoms with E-state index in [4.69, 9.17) is 14.9 Å². The van der Waals surface area contributed by atoms with Gasteiger partial charge in [0.15, 0.2) is 6.10 Å². The first-order valence-corrected chi connectivity index (χ1v) is 6.36. The van der Waals surface area contributed by atoms with E-state index in [-0.39, 0.29) is 31.9 Å². The number of carbonyl (C=O) groups excluding carboxylic acids is 1. The Morgan fingerprint density at radius 1 is 1.30 bits per heavy atom. The van der Waals surface area contributed by atoms with Crippen LogP contribution in [-0.4, -0.2) is 41.3 Å². The maximum Gasteiger partial charge on any atom is 0.332 e. The molecular formula is C14H19NO5. The van der Waals surface area contributed by atoms with Gasteiger partial charge in [0.05, 0.1) is 13.0 Å². The predicted molar refractivity (Wildman–Crippen MR) is 72.6 cm³/mol. The Labute approximate surface area is 117 Å². The molecule has 1 atom stereocenters. The minimum atomic E-state index is -1.45. The van der Waals surface area contributed by atoms with Crippen LogP contribution in [0, 0.1) is 6.92 Å². The fourth-order valence-electron chi connectivity index (χ4n) is 1.46. The van der Waals surface area contributed by atoms with Crippen molar-refractivity contribution in [3.63, 3.8) is 0 Å². The molecule has 1 aromatic rings. The summed E-state index contributed by atoms with van der Waals surface area (Å²) in [6.45, 7) is 2.34. The third-order valence-electron chi connectivity index (χ3n) is 2.64. The number of carboxylic acid groups (broad SMARTS) is 1. The molecule has 0 saturated heterocycles. The van der Waals surface area contributed by atoms with E-state index in [2.05, 4.69) is 5.32 Å².